The van der Waals surface area contributed by atoms with Crippen molar-refractivity contribution in [3.63, 3.8) is 0 Å². The van der Waals surface area contributed by atoms with Gasteiger partial charge in [-0.25, -0.2) is 0 Å². The Morgan fingerprint density at radius 3 is 2.55 bits per heavy atom. The molecule has 29 heavy (non-hydrogen) atoms. The minimum absolute atomic E-state index is 0.00392. The third-order valence-corrected chi connectivity index (χ3v) is 6.25. The van der Waals surface area contributed by atoms with Crippen LogP contribution in [0.15, 0.2) is 36.5 Å². The zero-order valence-corrected chi connectivity index (χ0v) is 16.9. The van der Waals surface area contributed by atoms with E-state index in [0.29, 0.717) is 25.2 Å². The van der Waals surface area contributed by atoms with Crippen molar-refractivity contribution in [3.8, 4) is 0 Å². The molecule has 2 aromatic rings. The largest absolute Gasteiger partial charge is 0.352 e. The van der Waals surface area contributed by atoms with Crippen LogP contribution in [-0.4, -0.2) is 63.7 Å². The van der Waals surface area contributed by atoms with Gasteiger partial charge in [-0.2, -0.15) is 0 Å². The Hall–Kier alpha value is -2.96. The molecular weight excluding hydrogens is 368 g/mol. The lowest BCUT2D eigenvalue weighted by atomic mass is 9.83. The summed E-state index contributed by atoms with van der Waals surface area (Å²) in [6.45, 7) is 4.80. The van der Waals surface area contributed by atoms with Gasteiger partial charge in [0.15, 0.2) is 0 Å². The SMILES string of the molecule is CC(=O)N[C@H]1CN(C(C)=O)C2(CCN(C(=O)c3cccc4ncccc34)CC2)C1. The normalized spacial score (nSPS) is 20.8. The third kappa shape index (κ3) is 3.57. The second-order valence-electron chi connectivity index (χ2n) is 8.12. The molecule has 1 aromatic heterocycles. The van der Waals surface area contributed by atoms with Gasteiger partial charge in [-0.05, 0) is 37.5 Å². The van der Waals surface area contributed by atoms with Crippen LogP contribution in [0.3, 0.4) is 0 Å². The molecule has 152 valence electrons. The fourth-order valence-electron chi connectivity index (χ4n) is 4.95. The number of benzene rings is 1. The molecule has 1 N–H and O–H groups in total. The molecule has 0 radical (unpaired) electrons. The van der Waals surface area contributed by atoms with E-state index >= 15 is 0 Å². The highest BCUT2D eigenvalue weighted by molar-refractivity contribution is 6.06. The number of amides is 3. The lowest BCUT2D eigenvalue weighted by molar-refractivity contribution is -0.134. The van der Waals surface area contributed by atoms with Gasteiger partial charge in [-0.1, -0.05) is 12.1 Å². The molecule has 3 heterocycles. The van der Waals surface area contributed by atoms with Crippen molar-refractivity contribution in [1.82, 2.24) is 20.1 Å². The van der Waals surface area contributed by atoms with E-state index in [1.165, 1.54) is 6.92 Å². The molecule has 0 saturated carbocycles. The first-order valence-electron chi connectivity index (χ1n) is 10.1. The predicted octanol–water partition coefficient (Wildman–Crippen LogP) is 1.97. The first-order valence-corrected chi connectivity index (χ1v) is 10.1. The number of piperidine rings is 1. The van der Waals surface area contributed by atoms with Gasteiger partial charge < -0.3 is 15.1 Å². The van der Waals surface area contributed by atoms with Crippen LogP contribution in [0.1, 0.15) is 43.5 Å². The number of hydrogen-bond acceptors (Lipinski definition) is 4. The highest BCUT2D eigenvalue weighted by Gasteiger charge is 2.49. The molecule has 2 fully saturated rings. The summed E-state index contributed by atoms with van der Waals surface area (Å²) in [5, 5.41) is 3.82. The molecule has 1 spiro atoms. The Morgan fingerprint density at radius 1 is 1.10 bits per heavy atom. The Labute approximate surface area is 170 Å². The van der Waals surface area contributed by atoms with E-state index < -0.39 is 0 Å². The Bertz CT molecular complexity index is 960. The zero-order chi connectivity index (χ0) is 20.6. The van der Waals surface area contributed by atoms with E-state index in [1.54, 1.807) is 13.1 Å². The standard InChI is InChI=1S/C22H26N4O3/c1-15(27)24-17-13-22(26(14-17)16(2)28)8-11-25(12-9-22)21(29)19-5-3-7-20-18(19)6-4-10-23-20/h3-7,10,17H,8-9,11-14H2,1-2H3,(H,24,27)/t17-/m1/s1. The van der Waals surface area contributed by atoms with Crippen LogP contribution in [0.4, 0.5) is 0 Å². The molecule has 2 saturated heterocycles. The Morgan fingerprint density at radius 2 is 1.86 bits per heavy atom. The van der Waals surface area contributed by atoms with E-state index in [2.05, 4.69) is 10.3 Å². The minimum atomic E-state index is -0.282. The van der Waals surface area contributed by atoms with E-state index in [-0.39, 0.29) is 29.3 Å². The predicted molar refractivity (Wildman–Crippen MR) is 109 cm³/mol. The number of fused-ring (bicyclic) bond motifs is 1. The number of nitrogens with zero attached hydrogens (tertiary/aromatic N) is 3. The Kier molecular flexibility index (Phi) is 4.98. The molecule has 7 nitrogen and oxygen atoms in total. The van der Waals surface area contributed by atoms with Gasteiger partial charge in [0.25, 0.3) is 5.91 Å². The topological polar surface area (TPSA) is 82.6 Å². The van der Waals surface area contributed by atoms with Gasteiger partial charge in [0, 0.05) is 62.2 Å². The van der Waals surface area contributed by atoms with Crippen LogP contribution in [0, 0.1) is 0 Å². The number of carbonyl (C=O) groups is 3. The molecule has 1 aromatic carbocycles. The van der Waals surface area contributed by atoms with Crippen LogP contribution in [0.2, 0.25) is 0 Å². The number of rotatable bonds is 2. The summed E-state index contributed by atoms with van der Waals surface area (Å²) in [5.74, 6) is -0.0466. The van der Waals surface area contributed by atoms with Gasteiger partial charge in [-0.15, -0.1) is 0 Å². The lowest BCUT2D eigenvalue weighted by Gasteiger charge is -2.44. The van der Waals surface area contributed by atoms with Crippen LogP contribution < -0.4 is 5.32 Å². The number of pyridine rings is 1. The maximum Gasteiger partial charge on any atom is 0.254 e. The highest BCUT2D eigenvalue weighted by Crippen LogP contribution is 2.39. The number of aromatic nitrogens is 1. The van der Waals surface area contributed by atoms with Crippen molar-refractivity contribution in [3.05, 3.63) is 42.1 Å². The van der Waals surface area contributed by atoms with Crippen molar-refractivity contribution in [2.75, 3.05) is 19.6 Å². The van der Waals surface area contributed by atoms with Crippen molar-refractivity contribution >= 4 is 28.6 Å². The van der Waals surface area contributed by atoms with E-state index in [9.17, 15) is 14.4 Å². The fourth-order valence-corrected chi connectivity index (χ4v) is 4.95. The zero-order valence-electron chi connectivity index (χ0n) is 16.9. The molecule has 2 aliphatic heterocycles. The van der Waals surface area contributed by atoms with Crippen molar-refractivity contribution < 1.29 is 14.4 Å². The maximum atomic E-state index is 13.2. The average molecular weight is 394 g/mol. The minimum Gasteiger partial charge on any atom is -0.352 e. The lowest BCUT2D eigenvalue weighted by Crippen LogP contribution is -2.54. The summed E-state index contributed by atoms with van der Waals surface area (Å²) in [5.41, 5.74) is 1.19. The smallest absolute Gasteiger partial charge is 0.254 e. The van der Waals surface area contributed by atoms with Crippen molar-refractivity contribution in [2.24, 2.45) is 0 Å². The summed E-state index contributed by atoms with van der Waals surface area (Å²) >= 11 is 0. The van der Waals surface area contributed by atoms with Gasteiger partial charge >= 0.3 is 0 Å². The van der Waals surface area contributed by atoms with Gasteiger partial charge in [0.1, 0.15) is 0 Å². The molecule has 0 unspecified atom stereocenters. The molecule has 7 heteroatoms. The number of nitrogens with one attached hydrogen (secondary N) is 1. The summed E-state index contributed by atoms with van der Waals surface area (Å²) < 4.78 is 0. The summed E-state index contributed by atoms with van der Waals surface area (Å²) in [6.07, 6.45) is 3.91. The molecule has 1 atom stereocenters. The van der Waals surface area contributed by atoms with Crippen molar-refractivity contribution in [2.45, 2.75) is 44.7 Å². The van der Waals surface area contributed by atoms with Crippen LogP contribution in [0.5, 0.6) is 0 Å². The average Bonchev–Trinajstić information content (AvgIpc) is 3.04. The molecule has 4 rings (SSSR count). The summed E-state index contributed by atoms with van der Waals surface area (Å²) in [6, 6.07) is 9.36. The molecule has 0 bridgehead atoms. The van der Waals surface area contributed by atoms with Gasteiger partial charge in [0.05, 0.1) is 5.52 Å². The maximum absolute atomic E-state index is 13.2. The molecule has 2 aliphatic rings. The first-order chi connectivity index (χ1) is 13.9. The van der Waals surface area contributed by atoms with Crippen LogP contribution >= 0.6 is 0 Å². The summed E-state index contributed by atoms with van der Waals surface area (Å²) in [7, 11) is 0. The van der Waals surface area contributed by atoms with E-state index in [0.717, 1.165) is 30.2 Å². The Balaban J connectivity index is 1.51. The quantitative estimate of drug-likeness (QED) is 0.844. The molecule has 0 aliphatic carbocycles. The van der Waals surface area contributed by atoms with Gasteiger partial charge in [-0.3, -0.25) is 19.4 Å². The first kappa shape index (κ1) is 19.4. The van der Waals surface area contributed by atoms with Gasteiger partial charge in [0.2, 0.25) is 11.8 Å². The third-order valence-electron chi connectivity index (χ3n) is 6.25. The van der Waals surface area contributed by atoms with E-state index in [1.807, 2.05) is 40.1 Å². The van der Waals surface area contributed by atoms with Crippen molar-refractivity contribution in [1.29, 1.82) is 0 Å². The van der Waals surface area contributed by atoms with Crippen LogP contribution in [-0.2, 0) is 9.59 Å². The summed E-state index contributed by atoms with van der Waals surface area (Å²) in [4.78, 5) is 45.1. The number of carbonyl (C=O) groups excluding carboxylic acids is 3. The second-order valence-corrected chi connectivity index (χ2v) is 8.12. The molecular formula is C22H26N4O3. The van der Waals surface area contributed by atoms with Crippen LogP contribution in [0.25, 0.3) is 10.9 Å². The second kappa shape index (κ2) is 7.46. The monoisotopic (exact) mass is 394 g/mol. The van der Waals surface area contributed by atoms with E-state index in [4.69, 9.17) is 0 Å². The molecule has 3 amide bonds. The fraction of sp³-hybridized carbons (Fsp3) is 0.455. The number of likely N-dealkylation sites (tertiary alicyclic amines) is 2. The number of hydrogen-bond donors (Lipinski definition) is 1. The highest BCUT2D eigenvalue weighted by atomic mass is 16.2.